The number of aliphatic hydroxyl groups excluding tert-OH is 1. The van der Waals surface area contributed by atoms with Gasteiger partial charge in [-0.1, -0.05) is 12.8 Å². The van der Waals surface area contributed by atoms with Crippen LogP contribution < -0.4 is 5.32 Å². The van der Waals surface area contributed by atoms with Crippen LogP contribution in [0.1, 0.15) is 69.1 Å². The van der Waals surface area contributed by atoms with Crippen LogP contribution in [0.25, 0.3) is 0 Å². The van der Waals surface area contributed by atoms with E-state index in [1.807, 2.05) is 0 Å². The summed E-state index contributed by atoms with van der Waals surface area (Å²) in [5, 5.41) is 21.5. The molecule has 1 aromatic rings. The zero-order chi connectivity index (χ0) is 17.3. The first-order valence-electron chi connectivity index (χ1n) is 9.55. The van der Waals surface area contributed by atoms with Crippen molar-refractivity contribution in [3.63, 3.8) is 0 Å². The van der Waals surface area contributed by atoms with Gasteiger partial charge in [0.2, 0.25) is 17.7 Å². The van der Waals surface area contributed by atoms with Crippen LogP contribution in [-0.2, 0) is 16.0 Å². The van der Waals surface area contributed by atoms with Gasteiger partial charge in [-0.2, -0.15) is 0 Å². The number of aromatic nitrogens is 2. The van der Waals surface area contributed by atoms with Crippen molar-refractivity contribution in [1.29, 1.82) is 0 Å². The second-order valence-electron chi connectivity index (χ2n) is 7.73. The van der Waals surface area contributed by atoms with E-state index < -0.39 is 0 Å². The minimum Gasteiger partial charge on any atom is -0.425 e. The monoisotopic (exact) mass is 349 g/mol. The van der Waals surface area contributed by atoms with E-state index >= 15 is 0 Å². The van der Waals surface area contributed by atoms with Crippen molar-refractivity contribution in [3.8, 4) is 0 Å². The largest absolute Gasteiger partial charge is 0.425 e. The molecule has 1 aromatic heterocycles. The minimum atomic E-state index is -0.327. The number of aliphatic hydroxyl groups is 1. The van der Waals surface area contributed by atoms with Crippen molar-refractivity contribution in [2.75, 3.05) is 13.2 Å². The molecule has 1 amide bonds. The van der Waals surface area contributed by atoms with Gasteiger partial charge in [0.25, 0.3) is 0 Å². The first-order valence-corrected chi connectivity index (χ1v) is 9.55. The fourth-order valence-electron chi connectivity index (χ4n) is 4.59. The van der Waals surface area contributed by atoms with Crippen LogP contribution in [0.15, 0.2) is 4.42 Å². The lowest BCUT2D eigenvalue weighted by molar-refractivity contribution is -0.156. The van der Waals surface area contributed by atoms with E-state index in [0.717, 1.165) is 31.6 Å². The molecule has 1 saturated heterocycles. The molecular formula is C18H27N3O4. The van der Waals surface area contributed by atoms with E-state index in [2.05, 4.69) is 15.5 Å². The maximum absolute atomic E-state index is 12.3. The third kappa shape index (κ3) is 3.31. The Morgan fingerprint density at radius 3 is 2.72 bits per heavy atom. The molecule has 3 fully saturated rings. The van der Waals surface area contributed by atoms with Crippen LogP contribution in [0.4, 0.5) is 0 Å². The average molecular weight is 349 g/mol. The molecule has 2 aliphatic carbocycles. The van der Waals surface area contributed by atoms with Gasteiger partial charge < -0.3 is 19.6 Å². The standard InChI is InChI=1S/C18H27N3O4/c22-14-11-13(18(14)7-9-24-10-8-18)19-15(23)5-6-16-20-21-17(25-16)12-3-1-2-4-12/h12-14,22H,1-11H2,(H,19,23)/t13-,14-/m1/s1. The van der Waals surface area contributed by atoms with Crippen molar-refractivity contribution in [3.05, 3.63) is 11.8 Å². The van der Waals surface area contributed by atoms with Gasteiger partial charge in [0.05, 0.1) is 6.10 Å². The minimum absolute atomic E-state index is 0.0108. The molecule has 25 heavy (non-hydrogen) atoms. The number of aryl methyl sites for hydroxylation is 1. The molecule has 0 aromatic carbocycles. The number of carbonyl (C=O) groups is 1. The van der Waals surface area contributed by atoms with Gasteiger partial charge in [-0.15, -0.1) is 10.2 Å². The molecule has 2 saturated carbocycles. The summed E-state index contributed by atoms with van der Waals surface area (Å²) in [6.45, 7) is 1.32. The first-order chi connectivity index (χ1) is 12.2. The van der Waals surface area contributed by atoms with Crippen molar-refractivity contribution in [2.45, 2.75) is 75.9 Å². The number of ether oxygens (including phenoxy) is 1. The molecule has 0 radical (unpaired) electrons. The van der Waals surface area contributed by atoms with Crippen molar-refractivity contribution >= 4 is 5.91 Å². The molecule has 3 aliphatic rings. The number of nitrogens with zero attached hydrogens (tertiary/aromatic N) is 2. The van der Waals surface area contributed by atoms with Crippen LogP contribution in [0.5, 0.6) is 0 Å². The van der Waals surface area contributed by atoms with E-state index in [1.165, 1.54) is 12.8 Å². The Morgan fingerprint density at radius 2 is 2.00 bits per heavy atom. The van der Waals surface area contributed by atoms with Crippen molar-refractivity contribution in [2.24, 2.45) is 5.41 Å². The Kier molecular flexibility index (Phi) is 4.78. The van der Waals surface area contributed by atoms with Gasteiger partial charge in [0.15, 0.2) is 0 Å². The molecule has 0 unspecified atom stereocenters. The third-order valence-corrected chi connectivity index (χ3v) is 6.33. The molecule has 2 N–H and O–H groups in total. The van der Waals surface area contributed by atoms with E-state index in [0.29, 0.717) is 44.3 Å². The summed E-state index contributed by atoms with van der Waals surface area (Å²) in [6, 6.07) is 0.0515. The molecule has 7 heteroatoms. The normalized spacial score (nSPS) is 28.8. The molecule has 4 rings (SSSR count). The Hall–Kier alpha value is -1.47. The van der Waals surface area contributed by atoms with Gasteiger partial charge >= 0.3 is 0 Å². The summed E-state index contributed by atoms with van der Waals surface area (Å²) in [4.78, 5) is 12.3. The van der Waals surface area contributed by atoms with Crippen molar-refractivity contribution in [1.82, 2.24) is 15.5 Å². The second-order valence-corrected chi connectivity index (χ2v) is 7.73. The van der Waals surface area contributed by atoms with E-state index in [-0.39, 0.29) is 23.5 Å². The summed E-state index contributed by atoms with van der Waals surface area (Å²) in [6.07, 6.45) is 7.44. The van der Waals surface area contributed by atoms with Crippen LogP contribution in [0.3, 0.4) is 0 Å². The Balaban J connectivity index is 1.27. The number of hydrogen-bond donors (Lipinski definition) is 2. The lowest BCUT2D eigenvalue weighted by Gasteiger charge is -2.55. The molecular weight excluding hydrogens is 322 g/mol. The quantitative estimate of drug-likeness (QED) is 0.840. The Bertz CT molecular complexity index is 605. The van der Waals surface area contributed by atoms with Gasteiger partial charge in [-0.05, 0) is 32.1 Å². The van der Waals surface area contributed by atoms with Crippen LogP contribution in [0, 0.1) is 5.41 Å². The van der Waals surface area contributed by atoms with Gasteiger partial charge in [0.1, 0.15) is 0 Å². The lowest BCUT2D eigenvalue weighted by Crippen LogP contribution is -2.65. The highest BCUT2D eigenvalue weighted by Gasteiger charge is 2.55. The van der Waals surface area contributed by atoms with Crippen LogP contribution in [0.2, 0.25) is 0 Å². The number of hydrogen-bond acceptors (Lipinski definition) is 6. The van der Waals surface area contributed by atoms with Gasteiger partial charge in [-0.3, -0.25) is 4.79 Å². The topological polar surface area (TPSA) is 97.5 Å². The highest BCUT2D eigenvalue weighted by Crippen LogP contribution is 2.48. The predicted molar refractivity (Wildman–Crippen MR) is 88.9 cm³/mol. The summed E-state index contributed by atoms with van der Waals surface area (Å²) in [7, 11) is 0. The SMILES string of the molecule is O=C(CCc1nnc(C2CCCC2)o1)N[C@@H]1C[C@@H](O)C12CCOCC2. The summed E-state index contributed by atoms with van der Waals surface area (Å²) >= 11 is 0. The number of nitrogens with one attached hydrogen (secondary N) is 1. The maximum Gasteiger partial charge on any atom is 0.220 e. The number of rotatable bonds is 5. The number of amides is 1. The van der Waals surface area contributed by atoms with Crippen LogP contribution >= 0.6 is 0 Å². The zero-order valence-electron chi connectivity index (χ0n) is 14.6. The van der Waals surface area contributed by atoms with E-state index in [4.69, 9.17) is 9.15 Å². The average Bonchev–Trinajstić information content (AvgIpc) is 3.32. The molecule has 2 atom stereocenters. The summed E-state index contributed by atoms with van der Waals surface area (Å²) in [5.41, 5.74) is -0.186. The number of carbonyl (C=O) groups excluding carboxylic acids is 1. The highest BCUT2D eigenvalue weighted by atomic mass is 16.5. The van der Waals surface area contributed by atoms with Gasteiger partial charge in [-0.25, -0.2) is 0 Å². The molecule has 1 aliphatic heterocycles. The smallest absolute Gasteiger partial charge is 0.220 e. The maximum atomic E-state index is 12.3. The van der Waals surface area contributed by atoms with Gasteiger partial charge in [0, 0.05) is 43.4 Å². The molecule has 0 bridgehead atoms. The molecule has 138 valence electrons. The molecule has 7 nitrogen and oxygen atoms in total. The fraction of sp³-hybridized carbons (Fsp3) is 0.833. The molecule has 1 spiro atoms. The Labute approximate surface area is 147 Å². The van der Waals surface area contributed by atoms with Crippen LogP contribution in [-0.4, -0.2) is 46.6 Å². The molecule has 2 heterocycles. The second kappa shape index (κ2) is 7.03. The fourth-order valence-corrected chi connectivity index (χ4v) is 4.59. The zero-order valence-corrected chi connectivity index (χ0v) is 14.6. The van der Waals surface area contributed by atoms with Crippen molar-refractivity contribution < 1.29 is 19.1 Å². The first kappa shape index (κ1) is 17.0. The lowest BCUT2D eigenvalue weighted by atomic mass is 9.58. The Morgan fingerprint density at radius 1 is 1.24 bits per heavy atom. The van der Waals surface area contributed by atoms with E-state index in [1.54, 1.807) is 0 Å². The predicted octanol–water partition coefficient (Wildman–Crippen LogP) is 1.71. The highest BCUT2D eigenvalue weighted by molar-refractivity contribution is 5.76. The third-order valence-electron chi connectivity index (χ3n) is 6.33. The van der Waals surface area contributed by atoms with E-state index in [9.17, 15) is 9.90 Å². The summed E-state index contributed by atoms with van der Waals surface area (Å²) in [5.74, 6) is 1.67. The summed E-state index contributed by atoms with van der Waals surface area (Å²) < 4.78 is 11.1.